The molecule has 3 N–H and O–H groups in total. The minimum Gasteiger partial charge on any atom is -0.492 e. The van der Waals surface area contributed by atoms with E-state index in [4.69, 9.17) is 10.5 Å². The molecular weight excluding hydrogens is 236 g/mol. The normalized spacial score (nSPS) is 10.4. The summed E-state index contributed by atoms with van der Waals surface area (Å²) in [5.74, 6) is 2.04. The molecule has 0 aliphatic rings. The molecule has 17 heavy (non-hydrogen) atoms. The van der Waals surface area contributed by atoms with Crippen LogP contribution < -0.4 is 10.5 Å². The number of H-pyrrole nitrogens is 1. The highest BCUT2D eigenvalue weighted by molar-refractivity contribution is 7.99. The molecule has 6 heteroatoms. The Kier molecular flexibility index (Phi) is 3.87. The molecule has 0 aliphatic heterocycles. The van der Waals surface area contributed by atoms with Crippen molar-refractivity contribution in [2.24, 2.45) is 0 Å². The van der Waals surface area contributed by atoms with Crippen molar-refractivity contribution in [2.75, 3.05) is 18.1 Å². The molecule has 0 bridgehead atoms. The maximum atomic E-state index is 5.65. The van der Waals surface area contributed by atoms with Crippen molar-refractivity contribution < 1.29 is 4.74 Å². The smallest absolute Gasteiger partial charge is 0.216 e. The third-order valence-electron chi connectivity index (χ3n) is 2.15. The summed E-state index contributed by atoms with van der Waals surface area (Å²) in [5.41, 5.74) is 6.56. The quantitative estimate of drug-likeness (QED) is 0.625. The first-order chi connectivity index (χ1) is 8.25. The first-order valence-electron chi connectivity index (χ1n) is 5.25. The Hall–Kier alpha value is -1.69. The minimum absolute atomic E-state index is 0.340. The molecule has 90 valence electrons. The highest BCUT2D eigenvalue weighted by Gasteiger charge is 2.01. The second-order valence-electron chi connectivity index (χ2n) is 3.47. The average molecular weight is 250 g/mol. The van der Waals surface area contributed by atoms with Gasteiger partial charge < -0.3 is 10.5 Å². The molecule has 1 aromatic carbocycles. The largest absolute Gasteiger partial charge is 0.492 e. The molecule has 1 aromatic heterocycles. The van der Waals surface area contributed by atoms with Gasteiger partial charge in [-0.15, -0.1) is 5.10 Å². The van der Waals surface area contributed by atoms with Crippen molar-refractivity contribution in [3.8, 4) is 5.75 Å². The van der Waals surface area contributed by atoms with E-state index in [1.54, 1.807) is 0 Å². The summed E-state index contributed by atoms with van der Waals surface area (Å²) < 4.78 is 5.65. The van der Waals surface area contributed by atoms with Crippen LogP contribution in [-0.4, -0.2) is 27.5 Å². The molecule has 0 spiro atoms. The Morgan fingerprint density at radius 2 is 2.24 bits per heavy atom. The van der Waals surface area contributed by atoms with E-state index in [0.29, 0.717) is 17.7 Å². The molecule has 0 radical (unpaired) electrons. The lowest BCUT2D eigenvalue weighted by atomic mass is 10.2. The summed E-state index contributed by atoms with van der Waals surface area (Å²) in [4.78, 5) is 3.99. The number of nitrogens with zero attached hydrogens (tertiary/aromatic N) is 2. The van der Waals surface area contributed by atoms with Gasteiger partial charge in [-0.25, -0.2) is 5.10 Å². The Labute approximate surface area is 104 Å². The average Bonchev–Trinajstić information content (AvgIpc) is 2.73. The lowest BCUT2D eigenvalue weighted by Gasteiger charge is -2.07. The highest BCUT2D eigenvalue weighted by atomic mass is 32.2. The van der Waals surface area contributed by atoms with Crippen LogP contribution in [0, 0.1) is 6.92 Å². The van der Waals surface area contributed by atoms with E-state index in [2.05, 4.69) is 15.2 Å². The Morgan fingerprint density at radius 3 is 2.94 bits per heavy atom. The molecule has 2 aromatic rings. The van der Waals surface area contributed by atoms with Crippen LogP contribution >= 0.6 is 11.8 Å². The van der Waals surface area contributed by atoms with E-state index >= 15 is 0 Å². The van der Waals surface area contributed by atoms with E-state index in [1.807, 2.05) is 31.2 Å². The molecular formula is C11H14N4OS. The van der Waals surface area contributed by atoms with Crippen molar-refractivity contribution in [1.29, 1.82) is 0 Å². The summed E-state index contributed by atoms with van der Waals surface area (Å²) >= 11 is 1.51. The predicted octanol–water partition coefficient (Wildman–Crippen LogP) is 1.87. The number of rotatable bonds is 5. The van der Waals surface area contributed by atoms with Gasteiger partial charge >= 0.3 is 0 Å². The molecule has 0 unspecified atom stereocenters. The molecule has 0 aliphatic carbocycles. The van der Waals surface area contributed by atoms with E-state index in [-0.39, 0.29) is 0 Å². The zero-order valence-corrected chi connectivity index (χ0v) is 10.3. The third kappa shape index (κ3) is 3.39. The monoisotopic (exact) mass is 250 g/mol. The Morgan fingerprint density at radius 1 is 1.41 bits per heavy atom. The fourth-order valence-corrected chi connectivity index (χ4v) is 1.95. The number of hydrogen-bond acceptors (Lipinski definition) is 5. The summed E-state index contributed by atoms with van der Waals surface area (Å²) in [6.07, 6.45) is 0. The number of nitrogens with two attached hydrogens (primary N) is 1. The van der Waals surface area contributed by atoms with Gasteiger partial charge in [-0.05, 0) is 18.6 Å². The molecule has 0 fully saturated rings. The number of anilines is 1. The molecule has 2 rings (SSSR count). The van der Waals surface area contributed by atoms with Crippen molar-refractivity contribution >= 4 is 17.7 Å². The summed E-state index contributed by atoms with van der Waals surface area (Å²) in [7, 11) is 0. The number of aromatic amines is 1. The number of ether oxygens (including phenoxy) is 1. The molecule has 0 saturated carbocycles. The Balaban J connectivity index is 1.75. The van der Waals surface area contributed by atoms with Crippen molar-refractivity contribution in [1.82, 2.24) is 15.2 Å². The van der Waals surface area contributed by atoms with Gasteiger partial charge in [-0.1, -0.05) is 30.0 Å². The van der Waals surface area contributed by atoms with E-state index in [1.165, 1.54) is 11.8 Å². The van der Waals surface area contributed by atoms with Crippen molar-refractivity contribution in [3.05, 3.63) is 29.8 Å². The van der Waals surface area contributed by atoms with Crippen LogP contribution in [0.1, 0.15) is 5.56 Å². The SMILES string of the molecule is Cc1ccccc1OCCSc1n[nH]c(N)n1. The van der Waals surface area contributed by atoms with Crippen LogP contribution in [0.3, 0.4) is 0 Å². The summed E-state index contributed by atoms with van der Waals surface area (Å²) in [5, 5.41) is 7.16. The lowest BCUT2D eigenvalue weighted by molar-refractivity contribution is 0.341. The lowest BCUT2D eigenvalue weighted by Crippen LogP contribution is -2.01. The number of nitrogens with one attached hydrogen (secondary N) is 1. The van der Waals surface area contributed by atoms with Crippen LogP contribution in [0.5, 0.6) is 5.75 Å². The molecule has 0 atom stereocenters. The number of aryl methyl sites for hydroxylation is 1. The van der Waals surface area contributed by atoms with Crippen LogP contribution in [0.2, 0.25) is 0 Å². The molecule has 5 nitrogen and oxygen atoms in total. The molecule has 0 saturated heterocycles. The predicted molar refractivity (Wildman–Crippen MR) is 68.2 cm³/mol. The van der Waals surface area contributed by atoms with Gasteiger partial charge in [0.2, 0.25) is 11.1 Å². The van der Waals surface area contributed by atoms with Crippen LogP contribution in [0.15, 0.2) is 29.4 Å². The standard InChI is InChI=1S/C11H14N4OS/c1-8-4-2-3-5-9(8)16-6-7-17-11-13-10(12)14-15-11/h2-5H,6-7H2,1H3,(H3,12,13,14,15). The number of aromatic nitrogens is 3. The zero-order valence-electron chi connectivity index (χ0n) is 9.51. The maximum absolute atomic E-state index is 5.65. The number of thioether (sulfide) groups is 1. The van der Waals surface area contributed by atoms with E-state index in [9.17, 15) is 0 Å². The third-order valence-corrected chi connectivity index (χ3v) is 2.96. The topological polar surface area (TPSA) is 76.8 Å². The molecule has 1 heterocycles. The van der Waals surface area contributed by atoms with Gasteiger partial charge in [-0.3, -0.25) is 0 Å². The van der Waals surface area contributed by atoms with Crippen LogP contribution in [0.4, 0.5) is 5.95 Å². The van der Waals surface area contributed by atoms with E-state index in [0.717, 1.165) is 17.1 Å². The fourth-order valence-electron chi connectivity index (χ4n) is 1.33. The van der Waals surface area contributed by atoms with Gasteiger partial charge in [0.1, 0.15) is 5.75 Å². The number of hydrogen-bond donors (Lipinski definition) is 2. The second-order valence-corrected chi connectivity index (χ2v) is 4.53. The van der Waals surface area contributed by atoms with Gasteiger partial charge in [0.05, 0.1) is 6.61 Å². The highest BCUT2D eigenvalue weighted by Crippen LogP contribution is 2.17. The number of para-hydroxylation sites is 1. The summed E-state index contributed by atoms with van der Waals surface area (Å²) in [6.45, 7) is 2.64. The number of nitrogen functional groups attached to an aromatic ring is 1. The van der Waals surface area contributed by atoms with Gasteiger partial charge in [0, 0.05) is 5.75 Å². The van der Waals surface area contributed by atoms with Crippen LogP contribution in [-0.2, 0) is 0 Å². The first kappa shape index (κ1) is 11.8. The van der Waals surface area contributed by atoms with Crippen LogP contribution in [0.25, 0.3) is 0 Å². The van der Waals surface area contributed by atoms with E-state index < -0.39 is 0 Å². The second kappa shape index (κ2) is 5.58. The first-order valence-corrected chi connectivity index (χ1v) is 6.23. The number of benzene rings is 1. The van der Waals surface area contributed by atoms with Gasteiger partial charge in [0.15, 0.2) is 0 Å². The van der Waals surface area contributed by atoms with Crippen molar-refractivity contribution in [3.63, 3.8) is 0 Å². The van der Waals surface area contributed by atoms with Crippen molar-refractivity contribution in [2.45, 2.75) is 12.1 Å². The Bertz CT molecular complexity index is 486. The van der Waals surface area contributed by atoms with Gasteiger partial charge in [0.25, 0.3) is 0 Å². The molecule has 0 amide bonds. The van der Waals surface area contributed by atoms with Gasteiger partial charge in [-0.2, -0.15) is 4.98 Å². The zero-order chi connectivity index (χ0) is 12.1. The fraction of sp³-hybridized carbons (Fsp3) is 0.273. The maximum Gasteiger partial charge on any atom is 0.216 e. The minimum atomic E-state index is 0.340. The summed E-state index contributed by atoms with van der Waals surface area (Å²) in [6, 6.07) is 7.95.